The number of para-hydroxylation sites is 1. The van der Waals surface area contributed by atoms with Gasteiger partial charge >= 0.3 is 0 Å². The van der Waals surface area contributed by atoms with E-state index in [1.54, 1.807) is 0 Å². The lowest BCUT2D eigenvalue weighted by molar-refractivity contribution is -0.130. The zero-order valence-electron chi connectivity index (χ0n) is 19.4. The van der Waals surface area contributed by atoms with Crippen LogP contribution >= 0.6 is 0 Å². The van der Waals surface area contributed by atoms with Gasteiger partial charge in [0.2, 0.25) is 5.91 Å². The van der Waals surface area contributed by atoms with Gasteiger partial charge in [-0.3, -0.25) is 9.59 Å². The number of ether oxygens (including phenoxy) is 1. The van der Waals surface area contributed by atoms with Gasteiger partial charge in [-0.05, 0) is 44.5 Å². The summed E-state index contributed by atoms with van der Waals surface area (Å²) in [6, 6.07) is 13.4. The number of hydrogen-bond donors (Lipinski definition) is 1. The lowest BCUT2D eigenvalue weighted by Crippen LogP contribution is -2.46. The van der Waals surface area contributed by atoms with Crippen molar-refractivity contribution in [2.24, 2.45) is 7.05 Å². The molecule has 5 rings (SSSR count). The molecule has 1 spiro atoms. The summed E-state index contributed by atoms with van der Waals surface area (Å²) in [6.07, 6.45) is 2.52. The molecule has 1 N–H and O–H groups in total. The predicted octanol–water partition coefficient (Wildman–Crippen LogP) is 3.91. The van der Waals surface area contributed by atoms with Crippen molar-refractivity contribution in [3.05, 3.63) is 59.4 Å². The number of likely N-dealkylation sites (tertiary alicyclic amines) is 1. The first-order chi connectivity index (χ1) is 15.9. The molecule has 0 saturated carbocycles. The quantitative estimate of drug-likeness (QED) is 0.662. The van der Waals surface area contributed by atoms with Gasteiger partial charge in [0.1, 0.15) is 17.2 Å². The molecule has 3 heterocycles. The van der Waals surface area contributed by atoms with E-state index in [9.17, 15) is 9.59 Å². The second-order valence-corrected chi connectivity index (χ2v) is 9.20. The van der Waals surface area contributed by atoms with Crippen molar-refractivity contribution in [3.8, 4) is 5.75 Å². The molecule has 172 valence electrons. The fraction of sp³-hybridized carbons (Fsp3) is 0.423. The monoisotopic (exact) mass is 446 g/mol. The van der Waals surface area contributed by atoms with Crippen LogP contribution in [0.3, 0.4) is 0 Å². The summed E-state index contributed by atoms with van der Waals surface area (Å²) in [6.45, 7) is 5.35. The van der Waals surface area contributed by atoms with Crippen LogP contribution in [-0.4, -0.2) is 45.0 Å². The highest BCUT2D eigenvalue weighted by Crippen LogP contribution is 2.44. The normalized spacial score (nSPS) is 22.7. The maximum absolute atomic E-state index is 13.3. The van der Waals surface area contributed by atoms with Crippen molar-refractivity contribution in [2.45, 2.75) is 51.2 Å². The van der Waals surface area contributed by atoms with Crippen LogP contribution < -0.4 is 10.1 Å². The van der Waals surface area contributed by atoms with E-state index in [0.717, 1.165) is 34.6 Å². The molecule has 2 aliphatic rings. The van der Waals surface area contributed by atoms with Gasteiger partial charge in [-0.15, -0.1) is 0 Å². The lowest BCUT2D eigenvalue weighted by atomic mass is 9.82. The maximum Gasteiger partial charge on any atom is 0.251 e. The molecule has 33 heavy (non-hydrogen) atoms. The van der Waals surface area contributed by atoms with E-state index in [4.69, 9.17) is 4.74 Å². The summed E-state index contributed by atoms with van der Waals surface area (Å²) in [5.74, 6) is 1.75. The molecule has 2 aromatic carbocycles. The van der Waals surface area contributed by atoms with E-state index >= 15 is 0 Å². The molecule has 0 aliphatic carbocycles. The first kappa shape index (κ1) is 21.5. The third-order valence-corrected chi connectivity index (χ3v) is 7.24. The maximum atomic E-state index is 13.3. The van der Waals surface area contributed by atoms with E-state index in [2.05, 4.69) is 10.3 Å². The zero-order valence-corrected chi connectivity index (χ0v) is 19.4. The second-order valence-electron chi connectivity index (χ2n) is 9.20. The summed E-state index contributed by atoms with van der Waals surface area (Å²) in [5, 5.41) is 3.25. The minimum absolute atomic E-state index is 0.128. The third kappa shape index (κ3) is 3.86. The van der Waals surface area contributed by atoms with Gasteiger partial charge in [-0.1, -0.05) is 18.2 Å². The number of carbonyl (C=O) groups is 2. The summed E-state index contributed by atoms with van der Waals surface area (Å²) in [7, 11) is 1.97. The van der Waals surface area contributed by atoms with Gasteiger partial charge < -0.3 is 19.5 Å². The minimum atomic E-state index is -0.464. The lowest BCUT2D eigenvalue weighted by Gasteiger charge is -2.42. The van der Waals surface area contributed by atoms with Crippen LogP contribution in [0.5, 0.6) is 5.75 Å². The summed E-state index contributed by atoms with van der Waals surface area (Å²) in [5.41, 5.74) is 2.92. The number of amides is 2. The van der Waals surface area contributed by atoms with Gasteiger partial charge in [0.05, 0.1) is 17.1 Å². The van der Waals surface area contributed by atoms with Crippen molar-refractivity contribution in [3.63, 3.8) is 0 Å². The number of imidazole rings is 1. The molecule has 7 nitrogen and oxygen atoms in total. The molecule has 0 unspecified atom stereocenters. The Kier molecular flexibility index (Phi) is 5.35. The fourth-order valence-corrected chi connectivity index (χ4v) is 5.17. The SMILES string of the molecule is CCN1CC[C@]2(CCC1=O)C[C@@H](NC(=O)c1ccc3c(c1)nc(C)n3C)c1ccccc1O2. The van der Waals surface area contributed by atoms with Crippen LogP contribution in [0.2, 0.25) is 0 Å². The van der Waals surface area contributed by atoms with Gasteiger partial charge in [0, 0.05) is 50.5 Å². The number of rotatable bonds is 3. The van der Waals surface area contributed by atoms with E-state index in [1.165, 1.54) is 0 Å². The van der Waals surface area contributed by atoms with Crippen LogP contribution in [0.4, 0.5) is 0 Å². The Hall–Kier alpha value is -3.35. The van der Waals surface area contributed by atoms with Crippen molar-refractivity contribution in [2.75, 3.05) is 13.1 Å². The van der Waals surface area contributed by atoms with Crippen LogP contribution in [0.25, 0.3) is 11.0 Å². The van der Waals surface area contributed by atoms with Crippen LogP contribution in [0.15, 0.2) is 42.5 Å². The highest BCUT2D eigenvalue weighted by Gasteiger charge is 2.43. The Labute approximate surface area is 193 Å². The topological polar surface area (TPSA) is 76.5 Å². The number of nitrogens with zero attached hydrogens (tertiary/aromatic N) is 3. The minimum Gasteiger partial charge on any atom is -0.487 e. The van der Waals surface area contributed by atoms with Gasteiger partial charge in [-0.2, -0.15) is 0 Å². The summed E-state index contributed by atoms with van der Waals surface area (Å²) in [4.78, 5) is 32.3. The Morgan fingerprint density at radius 2 is 2.06 bits per heavy atom. The largest absolute Gasteiger partial charge is 0.487 e. The molecular weight excluding hydrogens is 416 g/mol. The fourth-order valence-electron chi connectivity index (χ4n) is 5.17. The molecule has 0 bridgehead atoms. The van der Waals surface area contributed by atoms with Gasteiger partial charge in [0.25, 0.3) is 5.91 Å². The van der Waals surface area contributed by atoms with E-state index in [-0.39, 0.29) is 17.9 Å². The highest BCUT2D eigenvalue weighted by molar-refractivity contribution is 5.97. The number of hydrogen-bond acceptors (Lipinski definition) is 4. The molecule has 3 aromatic rings. The number of fused-ring (bicyclic) bond motifs is 2. The molecule has 1 saturated heterocycles. The molecule has 1 fully saturated rings. The highest BCUT2D eigenvalue weighted by atomic mass is 16.5. The second kappa shape index (κ2) is 8.21. The Morgan fingerprint density at radius 1 is 1.24 bits per heavy atom. The molecule has 2 aliphatic heterocycles. The number of aryl methyl sites for hydroxylation is 2. The number of benzene rings is 2. The molecule has 0 radical (unpaired) electrons. The van der Waals surface area contributed by atoms with Crippen molar-refractivity contribution < 1.29 is 14.3 Å². The average Bonchev–Trinajstić information content (AvgIpc) is 3.01. The molecule has 7 heteroatoms. The van der Waals surface area contributed by atoms with Crippen LogP contribution in [0, 0.1) is 6.92 Å². The smallest absolute Gasteiger partial charge is 0.251 e. The molecule has 2 atom stereocenters. The Bertz CT molecular complexity index is 1230. The summed E-state index contributed by atoms with van der Waals surface area (Å²) < 4.78 is 8.55. The first-order valence-electron chi connectivity index (χ1n) is 11.7. The molecule has 1 aromatic heterocycles. The van der Waals surface area contributed by atoms with Crippen molar-refractivity contribution in [1.29, 1.82) is 0 Å². The number of carbonyl (C=O) groups excluding carboxylic acids is 2. The van der Waals surface area contributed by atoms with Gasteiger partial charge in [0.15, 0.2) is 0 Å². The summed E-state index contributed by atoms with van der Waals surface area (Å²) >= 11 is 0. The van der Waals surface area contributed by atoms with E-state index in [0.29, 0.717) is 37.9 Å². The van der Waals surface area contributed by atoms with E-state index in [1.807, 2.05) is 72.8 Å². The third-order valence-electron chi connectivity index (χ3n) is 7.24. The van der Waals surface area contributed by atoms with Gasteiger partial charge in [-0.25, -0.2) is 4.98 Å². The molecule has 2 amide bonds. The Morgan fingerprint density at radius 3 is 2.88 bits per heavy atom. The van der Waals surface area contributed by atoms with Crippen molar-refractivity contribution >= 4 is 22.8 Å². The standard InChI is InChI=1S/C26H30N4O3/c1-4-30-14-13-26(12-11-24(30)31)16-21(19-7-5-6-8-23(19)33-26)28-25(32)18-9-10-22-20(15-18)27-17(2)29(22)3/h5-10,15,21H,4,11-14,16H2,1-3H3,(H,28,32)/t21-,26-/m1/s1. The Balaban J connectivity index is 1.43. The first-order valence-corrected chi connectivity index (χ1v) is 11.7. The van der Waals surface area contributed by atoms with Crippen LogP contribution in [0.1, 0.15) is 60.4 Å². The van der Waals surface area contributed by atoms with E-state index < -0.39 is 5.60 Å². The number of aromatic nitrogens is 2. The van der Waals surface area contributed by atoms with Crippen molar-refractivity contribution in [1.82, 2.24) is 19.8 Å². The average molecular weight is 447 g/mol. The number of nitrogens with one attached hydrogen (secondary N) is 1. The van der Waals surface area contributed by atoms with Crippen LogP contribution in [-0.2, 0) is 11.8 Å². The zero-order chi connectivity index (χ0) is 23.2. The molecular formula is C26H30N4O3. The predicted molar refractivity (Wildman–Crippen MR) is 126 cm³/mol.